The van der Waals surface area contributed by atoms with Gasteiger partial charge in [-0.05, 0) is 46.5 Å². The largest absolute Gasteiger partial charge is 0.454 e. The highest BCUT2D eigenvalue weighted by molar-refractivity contribution is 6.35. The summed E-state index contributed by atoms with van der Waals surface area (Å²) >= 11 is 0. The first-order valence-electron chi connectivity index (χ1n) is 13.1. The van der Waals surface area contributed by atoms with Crippen LogP contribution in [0.4, 0.5) is 0 Å². The van der Waals surface area contributed by atoms with E-state index in [1.54, 1.807) is 0 Å². The summed E-state index contributed by atoms with van der Waals surface area (Å²) in [6, 6.07) is 37.7. The van der Waals surface area contributed by atoms with Crippen molar-refractivity contribution in [1.29, 1.82) is 0 Å². The molecule has 3 heteroatoms. The Kier molecular flexibility index (Phi) is 3.16. The Bertz CT molecular complexity index is 2630. The fraction of sp³-hybridized carbons (Fsp3) is 0.0286. The molecule has 0 spiro atoms. The van der Waals surface area contributed by atoms with Crippen molar-refractivity contribution in [3.8, 4) is 0 Å². The molecule has 0 amide bonds. The Morgan fingerprint density at radius 3 is 2.11 bits per heavy atom. The second-order valence-electron chi connectivity index (χ2n) is 10.6. The van der Waals surface area contributed by atoms with Crippen molar-refractivity contribution in [1.82, 2.24) is 8.97 Å². The Morgan fingerprint density at radius 2 is 1.21 bits per heavy atom. The lowest BCUT2D eigenvalue weighted by Crippen LogP contribution is -1.90. The summed E-state index contributed by atoms with van der Waals surface area (Å²) < 4.78 is 11.4. The zero-order valence-electron chi connectivity index (χ0n) is 20.6. The number of rotatable bonds is 0. The van der Waals surface area contributed by atoms with Crippen molar-refractivity contribution in [2.45, 2.75) is 0 Å². The topological polar surface area (TPSA) is 22.5 Å². The molecular weight excluding hydrogens is 464 g/mol. The first kappa shape index (κ1) is 19.1. The molecule has 4 aromatic heterocycles. The molecule has 0 saturated heterocycles. The predicted molar refractivity (Wildman–Crippen MR) is 160 cm³/mol. The van der Waals surface area contributed by atoms with E-state index in [-0.39, 0.29) is 0 Å². The van der Waals surface area contributed by atoms with Gasteiger partial charge in [-0.2, -0.15) is 0 Å². The van der Waals surface area contributed by atoms with Crippen LogP contribution in [0.15, 0.2) is 108 Å². The molecule has 0 aliphatic rings. The van der Waals surface area contributed by atoms with E-state index in [4.69, 9.17) is 4.42 Å². The Labute approximate surface area is 216 Å². The van der Waals surface area contributed by atoms with Crippen LogP contribution >= 0.6 is 0 Å². The zero-order valence-corrected chi connectivity index (χ0v) is 20.6. The number of furan rings is 1. The summed E-state index contributed by atoms with van der Waals surface area (Å²) in [6.07, 6.45) is 0. The van der Waals surface area contributed by atoms with Gasteiger partial charge < -0.3 is 13.4 Å². The molecule has 6 aromatic carbocycles. The van der Waals surface area contributed by atoms with Gasteiger partial charge in [0.15, 0.2) is 5.58 Å². The van der Waals surface area contributed by atoms with E-state index in [0.717, 1.165) is 27.5 Å². The fourth-order valence-electron chi connectivity index (χ4n) is 7.22. The minimum absolute atomic E-state index is 0.928. The molecule has 0 atom stereocenters. The van der Waals surface area contributed by atoms with Crippen LogP contribution in [0, 0.1) is 0 Å². The third-order valence-electron chi connectivity index (χ3n) is 8.80. The SMILES string of the molecule is Cn1c2cccc3c4cccc5c6cc7ccccc7cc6n(c6cc7c8ccccc8oc7c1c6c32)c45. The maximum atomic E-state index is 6.58. The van der Waals surface area contributed by atoms with Crippen molar-refractivity contribution < 1.29 is 4.42 Å². The first-order chi connectivity index (χ1) is 18.8. The molecule has 10 rings (SSSR count). The number of aromatic nitrogens is 2. The van der Waals surface area contributed by atoms with E-state index in [0.29, 0.717) is 0 Å². The van der Waals surface area contributed by atoms with Gasteiger partial charge in [0.1, 0.15) is 5.58 Å². The molecule has 0 unspecified atom stereocenters. The highest BCUT2D eigenvalue weighted by Crippen LogP contribution is 2.46. The molecule has 0 aliphatic heterocycles. The summed E-state index contributed by atoms with van der Waals surface area (Å²) in [5, 5.41) is 12.5. The van der Waals surface area contributed by atoms with E-state index in [1.165, 1.54) is 65.2 Å². The molecule has 4 heterocycles. The van der Waals surface area contributed by atoms with Gasteiger partial charge in [0, 0.05) is 50.3 Å². The third kappa shape index (κ3) is 2.03. The second kappa shape index (κ2) is 6.27. The van der Waals surface area contributed by atoms with Gasteiger partial charge >= 0.3 is 0 Å². The lowest BCUT2D eigenvalue weighted by atomic mass is 10.0. The van der Waals surface area contributed by atoms with Crippen LogP contribution in [0.3, 0.4) is 0 Å². The molecule has 3 nitrogen and oxygen atoms in total. The van der Waals surface area contributed by atoms with E-state index in [9.17, 15) is 0 Å². The first-order valence-corrected chi connectivity index (χ1v) is 13.1. The number of fused-ring (bicyclic) bond motifs is 10. The highest BCUT2D eigenvalue weighted by Gasteiger charge is 2.24. The quantitative estimate of drug-likeness (QED) is 0.210. The van der Waals surface area contributed by atoms with Crippen molar-refractivity contribution in [2.24, 2.45) is 7.05 Å². The number of hydrogen-bond acceptors (Lipinski definition) is 1. The molecule has 0 N–H and O–H groups in total. The van der Waals surface area contributed by atoms with Crippen LogP contribution in [0.2, 0.25) is 0 Å². The molecule has 10 aromatic rings. The average Bonchev–Trinajstić information content (AvgIpc) is 3.56. The Balaban J connectivity index is 1.66. The van der Waals surface area contributed by atoms with Crippen molar-refractivity contribution in [2.75, 3.05) is 0 Å². The Hall–Kier alpha value is -5.02. The van der Waals surface area contributed by atoms with Crippen LogP contribution in [-0.4, -0.2) is 8.97 Å². The van der Waals surface area contributed by atoms with Gasteiger partial charge in [0.05, 0.1) is 22.1 Å². The fourth-order valence-corrected chi connectivity index (χ4v) is 7.22. The lowest BCUT2D eigenvalue weighted by Gasteiger charge is -2.05. The van der Waals surface area contributed by atoms with Gasteiger partial charge in [0.25, 0.3) is 0 Å². The van der Waals surface area contributed by atoms with Crippen LogP contribution < -0.4 is 0 Å². The minimum Gasteiger partial charge on any atom is -0.454 e. The summed E-state index contributed by atoms with van der Waals surface area (Å²) in [7, 11) is 2.18. The highest BCUT2D eigenvalue weighted by atomic mass is 16.3. The van der Waals surface area contributed by atoms with Gasteiger partial charge in [-0.25, -0.2) is 0 Å². The summed E-state index contributed by atoms with van der Waals surface area (Å²) in [5.41, 5.74) is 8.00. The summed E-state index contributed by atoms with van der Waals surface area (Å²) in [5.74, 6) is 0. The number of benzene rings is 6. The van der Waals surface area contributed by atoms with Crippen LogP contribution in [-0.2, 0) is 7.05 Å². The monoisotopic (exact) mass is 484 g/mol. The molecule has 176 valence electrons. The molecule has 38 heavy (non-hydrogen) atoms. The van der Waals surface area contributed by atoms with E-state index < -0.39 is 0 Å². The standard InChI is InChI=1S/C35H20N2O/c1-36-27-14-7-11-22-23-12-6-13-24-25-16-19-8-2-3-9-20(19)17-28(25)37(33(23)24)29-18-26-21-10-4-5-15-30(21)38-35(26)34(36)32(29)31(22)27/h2-18H,1H3. The van der Waals surface area contributed by atoms with Gasteiger partial charge in [-0.1, -0.05) is 72.8 Å². The maximum absolute atomic E-state index is 6.58. The van der Waals surface area contributed by atoms with E-state index in [2.05, 4.69) is 119 Å². The average molecular weight is 485 g/mol. The zero-order chi connectivity index (χ0) is 24.7. The number of aryl methyl sites for hydroxylation is 1. The smallest absolute Gasteiger partial charge is 0.159 e. The van der Waals surface area contributed by atoms with Gasteiger partial charge in [-0.3, -0.25) is 0 Å². The molecule has 0 saturated carbocycles. The van der Waals surface area contributed by atoms with E-state index in [1.807, 2.05) is 0 Å². The molecule has 0 radical (unpaired) electrons. The Morgan fingerprint density at radius 1 is 0.500 bits per heavy atom. The molecule has 0 bridgehead atoms. The third-order valence-corrected chi connectivity index (χ3v) is 8.80. The minimum atomic E-state index is 0.928. The molecule has 0 fully saturated rings. The normalized spacial score (nSPS) is 12.9. The molecular formula is C35H20N2O. The summed E-state index contributed by atoms with van der Waals surface area (Å²) in [6.45, 7) is 0. The van der Waals surface area contributed by atoms with Crippen molar-refractivity contribution in [3.63, 3.8) is 0 Å². The predicted octanol–water partition coefficient (Wildman–Crippen LogP) is 9.53. The maximum Gasteiger partial charge on any atom is 0.159 e. The summed E-state index contributed by atoms with van der Waals surface area (Å²) in [4.78, 5) is 0. The number of nitrogens with zero attached hydrogens (tertiary/aromatic N) is 2. The van der Waals surface area contributed by atoms with Crippen LogP contribution in [0.1, 0.15) is 0 Å². The van der Waals surface area contributed by atoms with Gasteiger partial charge in [0.2, 0.25) is 0 Å². The van der Waals surface area contributed by atoms with Crippen LogP contribution in [0.5, 0.6) is 0 Å². The lowest BCUT2D eigenvalue weighted by molar-refractivity contribution is 0.670. The number of hydrogen-bond donors (Lipinski definition) is 0. The van der Waals surface area contributed by atoms with Crippen LogP contribution in [0.25, 0.3) is 92.6 Å². The van der Waals surface area contributed by atoms with Crippen molar-refractivity contribution >= 4 is 92.6 Å². The second-order valence-corrected chi connectivity index (χ2v) is 10.6. The molecule has 0 aliphatic carbocycles. The number of para-hydroxylation sites is 2. The van der Waals surface area contributed by atoms with Gasteiger partial charge in [-0.15, -0.1) is 0 Å². The van der Waals surface area contributed by atoms with E-state index >= 15 is 0 Å². The van der Waals surface area contributed by atoms with Crippen molar-refractivity contribution in [3.05, 3.63) is 103 Å².